The highest BCUT2D eigenvalue weighted by Crippen LogP contribution is 2.47. The Bertz CT molecular complexity index is 1090. The zero-order valence-corrected chi connectivity index (χ0v) is 16.6. The van der Waals surface area contributed by atoms with Crippen LogP contribution in [0.4, 0.5) is 13.2 Å². The summed E-state index contributed by atoms with van der Waals surface area (Å²) in [5.41, 5.74) is 10.0. The molecule has 9 heteroatoms. The Balaban J connectivity index is 1.61. The number of nitrogens with zero attached hydrogens (tertiary/aromatic N) is 3. The molecule has 2 atom stereocenters. The molecule has 1 aromatic carbocycles. The molecule has 0 saturated heterocycles. The van der Waals surface area contributed by atoms with Crippen molar-refractivity contribution in [2.45, 2.75) is 24.6 Å². The zero-order chi connectivity index (χ0) is 21.3. The van der Waals surface area contributed by atoms with Crippen LogP contribution in [0.15, 0.2) is 65.8 Å². The van der Waals surface area contributed by atoms with E-state index in [1.165, 1.54) is 23.9 Å². The van der Waals surface area contributed by atoms with E-state index in [1.54, 1.807) is 18.3 Å². The highest BCUT2D eigenvalue weighted by atomic mass is 32.2. The molecule has 3 aromatic rings. The minimum Gasteiger partial charge on any atom is -0.406 e. The van der Waals surface area contributed by atoms with Gasteiger partial charge >= 0.3 is 6.36 Å². The van der Waals surface area contributed by atoms with Gasteiger partial charge in [0.1, 0.15) is 11.8 Å². The number of amidine groups is 1. The van der Waals surface area contributed by atoms with Crippen LogP contribution in [0.1, 0.15) is 28.2 Å². The molecule has 1 aliphatic heterocycles. The molecule has 0 aliphatic carbocycles. The van der Waals surface area contributed by atoms with Crippen LogP contribution in [0.5, 0.6) is 5.75 Å². The molecule has 0 spiro atoms. The standard InChI is InChI=1S/C21H17F3N4OS/c1-12-3-2-4-16(27-12)18-19(30-20(25)28-18)14-9-10-26-17(11-14)13-5-7-15(8-6-13)29-21(22,23)24/h2-11,18-19H,1H3,(H2,25,28). The number of ether oxygens (including phenoxy) is 1. The summed E-state index contributed by atoms with van der Waals surface area (Å²) < 4.78 is 41.0. The quantitative estimate of drug-likeness (QED) is 0.616. The summed E-state index contributed by atoms with van der Waals surface area (Å²) in [5, 5.41) is 0.411. The number of aromatic nitrogens is 2. The minimum atomic E-state index is -4.72. The third kappa shape index (κ3) is 4.56. The molecule has 154 valence electrons. The van der Waals surface area contributed by atoms with Crippen LogP contribution in [0.25, 0.3) is 11.3 Å². The van der Waals surface area contributed by atoms with Crippen molar-refractivity contribution in [3.05, 3.63) is 77.7 Å². The van der Waals surface area contributed by atoms with E-state index < -0.39 is 6.36 Å². The van der Waals surface area contributed by atoms with Crippen LogP contribution in [-0.2, 0) is 0 Å². The molecule has 5 nitrogen and oxygen atoms in total. The first kappa shape index (κ1) is 20.2. The maximum atomic E-state index is 12.4. The third-order valence-corrected chi connectivity index (χ3v) is 5.64. The lowest BCUT2D eigenvalue weighted by Crippen LogP contribution is -2.16. The highest BCUT2D eigenvalue weighted by molar-refractivity contribution is 8.14. The van der Waals surface area contributed by atoms with Crippen LogP contribution in [0, 0.1) is 6.92 Å². The second kappa shape index (κ2) is 7.98. The molecule has 2 N–H and O–H groups in total. The summed E-state index contributed by atoms with van der Waals surface area (Å²) in [5.74, 6) is -0.277. The molecule has 0 saturated carbocycles. The van der Waals surface area contributed by atoms with E-state index in [-0.39, 0.29) is 17.0 Å². The van der Waals surface area contributed by atoms with Gasteiger partial charge in [0.25, 0.3) is 0 Å². The fourth-order valence-electron chi connectivity index (χ4n) is 3.24. The number of aliphatic imine (C=N–C) groups is 1. The molecule has 2 aromatic heterocycles. The normalized spacial score (nSPS) is 18.9. The monoisotopic (exact) mass is 430 g/mol. The number of alkyl halides is 3. The van der Waals surface area contributed by atoms with Crippen molar-refractivity contribution < 1.29 is 17.9 Å². The first-order valence-electron chi connectivity index (χ1n) is 9.04. The van der Waals surface area contributed by atoms with Gasteiger partial charge in [0.2, 0.25) is 0 Å². The van der Waals surface area contributed by atoms with Gasteiger partial charge in [0.05, 0.1) is 16.6 Å². The van der Waals surface area contributed by atoms with Crippen molar-refractivity contribution in [1.29, 1.82) is 0 Å². The number of pyridine rings is 2. The third-order valence-electron chi connectivity index (χ3n) is 4.51. The van der Waals surface area contributed by atoms with E-state index in [9.17, 15) is 13.2 Å². The molecule has 0 fully saturated rings. The molecule has 2 unspecified atom stereocenters. The van der Waals surface area contributed by atoms with Gasteiger partial charge in [-0.1, -0.05) is 17.8 Å². The zero-order valence-electron chi connectivity index (χ0n) is 15.8. The SMILES string of the molecule is Cc1cccc(C2N=C(N)SC2c2ccnc(-c3ccc(OC(F)(F)F)cc3)c2)n1. The maximum Gasteiger partial charge on any atom is 0.573 e. The molecular weight excluding hydrogens is 413 g/mol. The Morgan fingerprint density at radius 3 is 2.53 bits per heavy atom. The Morgan fingerprint density at radius 1 is 1.07 bits per heavy atom. The second-order valence-electron chi connectivity index (χ2n) is 6.70. The van der Waals surface area contributed by atoms with Gasteiger partial charge in [0, 0.05) is 17.5 Å². The lowest BCUT2D eigenvalue weighted by Gasteiger charge is -2.18. The van der Waals surface area contributed by atoms with Crippen molar-refractivity contribution in [2.75, 3.05) is 0 Å². The Labute approximate surface area is 175 Å². The van der Waals surface area contributed by atoms with E-state index in [0.29, 0.717) is 16.4 Å². The van der Waals surface area contributed by atoms with Gasteiger partial charge in [-0.2, -0.15) is 0 Å². The molecule has 4 rings (SSSR count). The van der Waals surface area contributed by atoms with Crippen molar-refractivity contribution in [3.63, 3.8) is 0 Å². The minimum absolute atomic E-state index is 0.0751. The Morgan fingerprint density at radius 2 is 1.83 bits per heavy atom. The van der Waals surface area contributed by atoms with Gasteiger partial charge in [0.15, 0.2) is 5.17 Å². The fraction of sp³-hybridized carbons (Fsp3) is 0.190. The summed E-state index contributed by atoms with van der Waals surface area (Å²) in [4.78, 5) is 13.5. The van der Waals surface area contributed by atoms with Crippen LogP contribution in [0.2, 0.25) is 0 Å². The molecule has 1 aliphatic rings. The summed E-state index contributed by atoms with van der Waals surface area (Å²) in [6.45, 7) is 1.92. The van der Waals surface area contributed by atoms with Crippen molar-refractivity contribution in [3.8, 4) is 17.0 Å². The van der Waals surface area contributed by atoms with Gasteiger partial charge in [-0.3, -0.25) is 15.0 Å². The summed E-state index contributed by atoms with van der Waals surface area (Å²) >= 11 is 1.46. The molecule has 0 bridgehead atoms. The summed E-state index contributed by atoms with van der Waals surface area (Å²) in [7, 11) is 0. The maximum absolute atomic E-state index is 12.4. The summed E-state index contributed by atoms with van der Waals surface area (Å²) in [6.07, 6.45) is -3.06. The fourth-order valence-corrected chi connectivity index (χ4v) is 4.29. The molecule has 30 heavy (non-hydrogen) atoms. The van der Waals surface area contributed by atoms with Gasteiger partial charge in [-0.05, 0) is 61.0 Å². The van der Waals surface area contributed by atoms with Crippen LogP contribution >= 0.6 is 11.8 Å². The number of benzene rings is 1. The molecule has 3 heterocycles. The first-order valence-corrected chi connectivity index (χ1v) is 9.92. The van der Waals surface area contributed by atoms with E-state index in [1.807, 2.05) is 37.3 Å². The van der Waals surface area contributed by atoms with Gasteiger partial charge in [-0.25, -0.2) is 0 Å². The smallest absolute Gasteiger partial charge is 0.406 e. The average molecular weight is 430 g/mol. The van der Waals surface area contributed by atoms with Crippen LogP contribution in [0.3, 0.4) is 0 Å². The molecule has 0 radical (unpaired) electrons. The number of nitrogens with two attached hydrogens (primary N) is 1. The van der Waals surface area contributed by atoms with Crippen LogP contribution in [-0.4, -0.2) is 21.5 Å². The number of halogens is 3. The first-order chi connectivity index (χ1) is 14.3. The van der Waals surface area contributed by atoms with E-state index in [2.05, 4.69) is 19.7 Å². The molecule has 0 amide bonds. The van der Waals surface area contributed by atoms with Crippen molar-refractivity contribution in [1.82, 2.24) is 9.97 Å². The van der Waals surface area contributed by atoms with Crippen molar-refractivity contribution >= 4 is 16.9 Å². The largest absolute Gasteiger partial charge is 0.573 e. The van der Waals surface area contributed by atoms with E-state index >= 15 is 0 Å². The Hall–Kier alpha value is -3.07. The topological polar surface area (TPSA) is 73.4 Å². The average Bonchev–Trinajstić information content (AvgIpc) is 3.09. The lowest BCUT2D eigenvalue weighted by molar-refractivity contribution is -0.274. The van der Waals surface area contributed by atoms with E-state index in [4.69, 9.17) is 5.73 Å². The number of rotatable bonds is 4. The Kier molecular flexibility index (Phi) is 5.38. The predicted molar refractivity (Wildman–Crippen MR) is 110 cm³/mol. The predicted octanol–water partition coefficient (Wildman–Crippen LogP) is 5.19. The highest BCUT2D eigenvalue weighted by Gasteiger charge is 2.33. The van der Waals surface area contributed by atoms with Gasteiger partial charge in [-0.15, -0.1) is 13.2 Å². The van der Waals surface area contributed by atoms with Crippen molar-refractivity contribution in [2.24, 2.45) is 10.7 Å². The number of hydrogen-bond acceptors (Lipinski definition) is 6. The summed E-state index contributed by atoms with van der Waals surface area (Å²) in [6, 6.07) is 15.0. The number of aryl methyl sites for hydroxylation is 1. The van der Waals surface area contributed by atoms with E-state index in [0.717, 1.165) is 17.0 Å². The van der Waals surface area contributed by atoms with Crippen LogP contribution < -0.4 is 10.5 Å². The van der Waals surface area contributed by atoms with Gasteiger partial charge < -0.3 is 10.5 Å². The number of thioether (sulfide) groups is 1. The lowest BCUT2D eigenvalue weighted by atomic mass is 10.0. The molecular formula is C21H17F3N4OS. The second-order valence-corrected chi connectivity index (χ2v) is 7.86. The number of hydrogen-bond donors (Lipinski definition) is 1.